The van der Waals surface area contributed by atoms with Crippen molar-refractivity contribution in [3.63, 3.8) is 0 Å². The highest BCUT2D eigenvalue weighted by atomic mass is 32.1. The van der Waals surface area contributed by atoms with E-state index in [2.05, 4.69) is 56.1 Å². The van der Waals surface area contributed by atoms with Crippen LogP contribution in [0.1, 0.15) is 30.9 Å². The Bertz CT molecular complexity index is 1380. The molecule has 1 N–H and O–H groups in total. The smallest absolute Gasteiger partial charge is 0.232 e. The number of pyridine rings is 1. The highest BCUT2D eigenvalue weighted by molar-refractivity contribution is 7.13. The summed E-state index contributed by atoms with van der Waals surface area (Å²) >= 11 is 1.42. The molecular formula is C27H24N4OS. The van der Waals surface area contributed by atoms with E-state index in [1.54, 1.807) is 6.20 Å². The van der Waals surface area contributed by atoms with Gasteiger partial charge in [-0.25, -0.2) is 9.97 Å². The van der Waals surface area contributed by atoms with Crippen molar-refractivity contribution >= 4 is 27.9 Å². The Morgan fingerprint density at radius 1 is 0.970 bits per heavy atom. The molecule has 5 nitrogen and oxygen atoms in total. The first-order chi connectivity index (χ1) is 16.0. The summed E-state index contributed by atoms with van der Waals surface area (Å²) in [6, 6.07) is 24.6. The highest BCUT2D eigenvalue weighted by Gasteiger charge is 2.39. The normalized spacial score (nSPS) is 12.5. The van der Waals surface area contributed by atoms with Crippen LogP contribution < -0.4 is 5.32 Å². The van der Waals surface area contributed by atoms with E-state index in [4.69, 9.17) is 0 Å². The van der Waals surface area contributed by atoms with E-state index in [1.165, 1.54) is 11.3 Å². The molecule has 6 heteroatoms. The molecule has 3 heterocycles. The van der Waals surface area contributed by atoms with Crippen LogP contribution in [0.15, 0.2) is 96.8 Å². The molecule has 0 spiro atoms. The van der Waals surface area contributed by atoms with Gasteiger partial charge in [-0.2, -0.15) is 0 Å². The van der Waals surface area contributed by atoms with Crippen LogP contribution in [0.3, 0.4) is 0 Å². The van der Waals surface area contributed by atoms with Crippen molar-refractivity contribution in [2.75, 3.05) is 5.32 Å². The lowest BCUT2D eigenvalue weighted by atomic mass is 9.70. The van der Waals surface area contributed by atoms with Crippen LogP contribution in [0.5, 0.6) is 0 Å². The first-order valence-corrected chi connectivity index (χ1v) is 11.7. The molecule has 3 aromatic heterocycles. The molecular weight excluding hydrogens is 428 g/mol. The van der Waals surface area contributed by atoms with Crippen LogP contribution >= 0.6 is 11.3 Å². The van der Waals surface area contributed by atoms with Crippen molar-refractivity contribution in [1.82, 2.24) is 14.4 Å². The molecule has 5 aromatic rings. The first kappa shape index (κ1) is 21.1. The second-order valence-electron chi connectivity index (χ2n) is 8.56. The summed E-state index contributed by atoms with van der Waals surface area (Å²) in [6.45, 7) is 3.98. The fraction of sp³-hybridized carbons (Fsp3) is 0.148. The van der Waals surface area contributed by atoms with Crippen molar-refractivity contribution < 1.29 is 4.79 Å². The second-order valence-corrected chi connectivity index (χ2v) is 9.45. The molecule has 0 saturated carbocycles. The Labute approximate surface area is 196 Å². The van der Waals surface area contributed by atoms with Gasteiger partial charge in [0.1, 0.15) is 5.82 Å². The summed E-state index contributed by atoms with van der Waals surface area (Å²) in [5.74, 6) is 0.678. The Morgan fingerprint density at radius 3 is 2.39 bits per heavy atom. The maximum atomic E-state index is 13.4. The summed E-state index contributed by atoms with van der Waals surface area (Å²) in [7, 11) is 0. The van der Waals surface area contributed by atoms with E-state index in [0.29, 0.717) is 5.13 Å². The van der Waals surface area contributed by atoms with Gasteiger partial charge < -0.3 is 5.32 Å². The number of nitrogens with zero attached hydrogens (tertiary/aromatic N) is 3. The molecule has 0 aliphatic carbocycles. The maximum absolute atomic E-state index is 13.4. The lowest BCUT2D eigenvalue weighted by Crippen LogP contribution is -2.37. The van der Waals surface area contributed by atoms with Crippen molar-refractivity contribution in [2.24, 2.45) is 5.41 Å². The zero-order valence-electron chi connectivity index (χ0n) is 18.5. The third-order valence-electron chi connectivity index (χ3n) is 6.01. The minimum absolute atomic E-state index is 0.0651. The van der Waals surface area contributed by atoms with E-state index < -0.39 is 5.41 Å². The number of thiazole rings is 1. The third kappa shape index (κ3) is 4.05. The van der Waals surface area contributed by atoms with Gasteiger partial charge in [-0.15, -0.1) is 11.3 Å². The number of hydrogen-bond donors (Lipinski definition) is 1. The zero-order chi connectivity index (χ0) is 22.8. The summed E-state index contributed by atoms with van der Waals surface area (Å²) in [5.41, 5.74) is 3.47. The van der Waals surface area contributed by atoms with Crippen LogP contribution in [0.2, 0.25) is 0 Å². The van der Waals surface area contributed by atoms with Crippen LogP contribution in [-0.4, -0.2) is 20.3 Å². The van der Waals surface area contributed by atoms with Gasteiger partial charge >= 0.3 is 0 Å². The maximum Gasteiger partial charge on any atom is 0.232 e. The molecule has 0 aliphatic heterocycles. The SMILES string of the molecule is CC(C)(C(=O)Nc1nccs1)[C@H](c1ccccc1)c1ccn2c(-c3ccccc3)ncc2c1. The Morgan fingerprint density at radius 2 is 1.70 bits per heavy atom. The summed E-state index contributed by atoms with van der Waals surface area (Å²) in [4.78, 5) is 22.3. The molecule has 1 amide bonds. The molecule has 0 bridgehead atoms. The van der Waals surface area contributed by atoms with Gasteiger partial charge in [0.25, 0.3) is 0 Å². The zero-order valence-corrected chi connectivity index (χ0v) is 19.3. The molecule has 0 saturated heterocycles. The number of benzene rings is 2. The van der Waals surface area contributed by atoms with Crippen LogP contribution in [0.4, 0.5) is 5.13 Å². The molecule has 0 aliphatic rings. The monoisotopic (exact) mass is 452 g/mol. The standard InChI is InChI=1S/C27H24N4OS/c1-27(2,25(32)30-26-28-14-16-33-26)23(19-9-5-3-6-10-19)21-13-15-31-22(17-21)18-29-24(31)20-11-7-4-8-12-20/h3-18,23H,1-2H3,(H,28,30,32)/t23-/m1/s1. The summed E-state index contributed by atoms with van der Waals surface area (Å²) < 4.78 is 2.09. The lowest BCUT2D eigenvalue weighted by molar-refractivity contribution is -0.124. The number of anilines is 1. The quantitative estimate of drug-likeness (QED) is 0.331. The van der Waals surface area contributed by atoms with Gasteiger partial charge in [0.05, 0.1) is 17.1 Å². The van der Waals surface area contributed by atoms with Gasteiger partial charge in [-0.1, -0.05) is 74.5 Å². The van der Waals surface area contributed by atoms with E-state index >= 15 is 0 Å². The first-order valence-electron chi connectivity index (χ1n) is 10.8. The average Bonchev–Trinajstić information content (AvgIpc) is 3.50. The molecule has 1 atom stereocenters. The van der Waals surface area contributed by atoms with E-state index in [1.807, 2.05) is 68.0 Å². The molecule has 0 radical (unpaired) electrons. The van der Waals surface area contributed by atoms with Gasteiger partial charge in [-0.05, 0) is 23.3 Å². The molecule has 0 unspecified atom stereocenters. The topological polar surface area (TPSA) is 59.3 Å². The van der Waals surface area contributed by atoms with E-state index in [0.717, 1.165) is 28.0 Å². The minimum Gasteiger partial charge on any atom is -0.301 e. The van der Waals surface area contributed by atoms with Crippen LogP contribution in [-0.2, 0) is 4.79 Å². The number of aromatic nitrogens is 3. The van der Waals surface area contributed by atoms with Crippen LogP contribution in [0, 0.1) is 5.41 Å². The number of carbonyl (C=O) groups is 1. The molecule has 0 fully saturated rings. The van der Waals surface area contributed by atoms with Crippen molar-refractivity contribution in [3.05, 3.63) is 108 Å². The van der Waals surface area contributed by atoms with Crippen molar-refractivity contribution in [2.45, 2.75) is 19.8 Å². The number of rotatable bonds is 6. The van der Waals surface area contributed by atoms with E-state index in [9.17, 15) is 4.79 Å². The number of fused-ring (bicyclic) bond motifs is 1. The number of amides is 1. The Kier molecular flexibility index (Phi) is 5.52. The summed E-state index contributed by atoms with van der Waals surface area (Å²) in [5, 5.41) is 5.46. The van der Waals surface area contributed by atoms with Gasteiger partial charge in [-0.3, -0.25) is 9.20 Å². The van der Waals surface area contributed by atoms with Gasteiger partial charge in [0, 0.05) is 29.3 Å². The highest BCUT2D eigenvalue weighted by Crippen LogP contribution is 2.42. The Hall–Kier alpha value is -3.77. The molecule has 5 rings (SSSR count). The van der Waals surface area contributed by atoms with Crippen molar-refractivity contribution in [3.8, 4) is 11.4 Å². The average molecular weight is 453 g/mol. The number of carbonyl (C=O) groups excluding carboxylic acids is 1. The molecule has 33 heavy (non-hydrogen) atoms. The Balaban J connectivity index is 1.58. The minimum atomic E-state index is -0.729. The van der Waals surface area contributed by atoms with Crippen molar-refractivity contribution in [1.29, 1.82) is 0 Å². The predicted molar refractivity (Wildman–Crippen MR) is 133 cm³/mol. The fourth-order valence-electron chi connectivity index (χ4n) is 4.34. The molecule has 2 aromatic carbocycles. The second kappa shape index (κ2) is 8.64. The molecule has 164 valence electrons. The predicted octanol–water partition coefficient (Wildman–Crippen LogP) is 6.25. The van der Waals surface area contributed by atoms with Gasteiger partial charge in [0.2, 0.25) is 5.91 Å². The van der Waals surface area contributed by atoms with Crippen LogP contribution in [0.25, 0.3) is 16.9 Å². The number of hydrogen-bond acceptors (Lipinski definition) is 4. The van der Waals surface area contributed by atoms with Gasteiger partial charge in [0.15, 0.2) is 5.13 Å². The third-order valence-corrected chi connectivity index (χ3v) is 6.70. The van der Waals surface area contributed by atoms with E-state index in [-0.39, 0.29) is 11.8 Å². The number of nitrogens with one attached hydrogen (secondary N) is 1. The largest absolute Gasteiger partial charge is 0.301 e. The number of imidazole rings is 1. The lowest BCUT2D eigenvalue weighted by Gasteiger charge is -2.34. The summed E-state index contributed by atoms with van der Waals surface area (Å²) in [6.07, 6.45) is 5.63. The fourth-order valence-corrected chi connectivity index (χ4v) is 4.87.